The highest BCUT2D eigenvalue weighted by atomic mass is 79.9. The summed E-state index contributed by atoms with van der Waals surface area (Å²) in [6.07, 6.45) is 9.89. The van der Waals surface area contributed by atoms with Gasteiger partial charge >= 0.3 is 0 Å². The molecule has 0 saturated carbocycles. The van der Waals surface area contributed by atoms with E-state index < -0.39 is 0 Å². The smallest absolute Gasteiger partial charge is 0.148 e. The Morgan fingerprint density at radius 3 is 3.05 bits per heavy atom. The van der Waals surface area contributed by atoms with E-state index in [9.17, 15) is 0 Å². The van der Waals surface area contributed by atoms with Gasteiger partial charge < -0.3 is 14.6 Å². The summed E-state index contributed by atoms with van der Waals surface area (Å²) in [5.41, 5.74) is 1.08. The fraction of sp³-hybridized carbons (Fsp3) is 0.312. The number of aromatic nitrogens is 2. The van der Waals surface area contributed by atoms with Gasteiger partial charge in [0.2, 0.25) is 0 Å². The van der Waals surface area contributed by atoms with Crippen LogP contribution in [0.25, 0.3) is 0 Å². The van der Waals surface area contributed by atoms with Crippen LogP contribution in [0.2, 0.25) is 0 Å². The highest BCUT2D eigenvalue weighted by Crippen LogP contribution is 2.23. The van der Waals surface area contributed by atoms with E-state index in [1.165, 1.54) is 0 Å². The second-order valence-corrected chi connectivity index (χ2v) is 5.54. The van der Waals surface area contributed by atoms with Gasteiger partial charge in [-0.2, -0.15) is 0 Å². The van der Waals surface area contributed by atoms with Crippen LogP contribution in [0.1, 0.15) is 11.4 Å². The van der Waals surface area contributed by atoms with Crippen molar-refractivity contribution in [2.24, 2.45) is 7.05 Å². The summed E-state index contributed by atoms with van der Waals surface area (Å²) in [5.74, 6) is 4.37. The molecule has 5 heteroatoms. The van der Waals surface area contributed by atoms with Crippen molar-refractivity contribution in [1.82, 2.24) is 14.9 Å². The van der Waals surface area contributed by atoms with Crippen molar-refractivity contribution in [2.45, 2.75) is 13.0 Å². The van der Waals surface area contributed by atoms with E-state index in [1.807, 2.05) is 42.2 Å². The summed E-state index contributed by atoms with van der Waals surface area (Å²) in [6, 6.07) is 5.92. The summed E-state index contributed by atoms with van der Waals surface area (Å²) >= 11 is 3.48. The molecule has 110 valence electrons. The zero-order valence-corrected chi connectivity index (χ0v) is 13.6. The number of terminal acetylenes is 1. The molecule has 1 heterocycles. The molecular weight excluding hydrogens is 330 g/mol. The molecule has 0 aliphatic rings. The highest BCUT2D eigenvalue weighted by molar-refractivity contribution is 9.10. The molecule has 2 aromatic rings. The Labute approximate surface area is 133 Å². The number of imidazole rings is 1. The van der Waals surface area contributed by atoms with E-state index in [0.717, 1.165) is 41.1 Å². The van der Waals surface area contributed by atoms with E-state index in [1.54, 1.807) is 0 Å². The highest BCUT2D eigenvalue weighted by Gasteiger charge is 2.05. The lowest BCUT2D eigenvalue weighted by Crippen LogP contribution is -2.18. The van der Waals surface area contributed by atoms with Crippen molar-refractivity contribution in [3.63, 3.8) is 0 Å². The van der Waals surface area contributed by atoms with E-state index in [4.69, 9.17) is 11.2 Å². The van der Waals surface area contributed by atoms with E-state index >= 15 is 0 Å². The number of hydrogen-bond donors (Lipinski definition) is 1. The van der Waals surface area contributed by atoms with Gasteiger partial charge in [-0.15, -0.1) is 6.42 Å². The van der Waals surface area contributed by atoms with Crippen molar-refractivity contribution < 1.29 is 4.74 Å². The maximum Gasteiger partial charge on any atom is 0.148 e. The van der Waals surface area contributed by atoms with Crippen molar-refractivity contribution in [3.05, 3.63) is 46.5 Å². The Hall–Kier alpha value is -1.77. The first kappa shape index (κ1) is 15.6. The Kier molecular flexibility index (Phi) is 5.85. The van der Waals surface area contributed by atoms with Gasteiger partial charge in [0.25, 0.3) is 0 Å². The van der Waals surface area contributed by atoms with Crippen LogP contribution in [0.4, 0.5) is 0 Å². The summed E-state index contributed by atoms with van der Waals surface area (Å²) in [4.78, 5) is 4.30. The quantitative estimate of drug-likeness (QED) is 0.617. The lowest BCUT2D eigenvalue weighted by molar-refractivity contribution is 0.364. The molecule has 0 fully saturated rings. The molecule has 2 rings (SSSR count). The second-order valence-electron chi connectivity index (χ2n) is 4.63. The Morgan fingerprint density at radius 1 is 1.48 bits per heavy atom. The number of aryl methyl sites for hydroxylation is 1. The molecule has 0 aliphatic heterocycles. The minimum Gasteiger partial charge on any atom is -0.481 e. The third-order valence-corrected chi connectivity index (χ3v) is 3.59. The Balaban J connectivity index is 1.88. The number of hydrogen-bond acceptors (Lipinski definition) is 3. The number of rotatable bonds is 7. The van der Waals surface area contributed by atoms with Crippen LogP contribution in [0, 0.1) is 12.3 Å². The van der Waals surface area contributed by atoms with Gasteiger partial charge in [-0.25, -0.2) is 4.98 Å². The molecule has 0 unspecified atom stereocenters. The van der Waals surface area contributed by atoms with Gasteiger partial charge in [0, 0.05) is 49.0 Å². The predicted molar refractivity (Wildman–Crippen MR) is 87.1 cm³/mol. The first-order valence-electron chi connectivity index (χ1n) is 6.72. The number of nitrogens with one attached hydrogen (secondary N) is 1. The molecule has 1 aromatic heterocycles. The van der Waals surface area contributed by atoms with Crippen LogP contribution in [0.5, 0.6) is 5.75 Å². The first-order chi connectivity index (χ1) is 10.2. The van der Waals surface area contributed by atoms with Crippen LogP contribution >= 0.6 is 15.9 Å². The van der Waals surface area contributed by atoms with Gasteiger partial charge in [0.15, 0.2) is 0 Å². The SMILES string of the molecule is C#CCOc1ccc(Br)cc1CNCCc1nccn1C. The van der Waals surface area contributed by atoms with E-state index in [0.29, 0.717) is 0 Å². The summed E-state index contributed by atoms with van der Waals surface area (Å²) in [5, 5.41) is 3.41. The molecule has 4 nitrogen and oxygen atoms in total. The normalized spacial score (nSPS) is 10.3. The van der Waals surface area contributed by atoms with Crippen molar-refractivity contribution >= 4 is 15.9 Å². The average molecular weight is 348 g/mol. The number of benzene rings is 1. The second kappa shape index (κ2) is 7.87. The van der Waals surface area contributed by atoms with Crippen LogP contribution < -0.4 is 10.1 Å². The van der Waals surface area contributed by atoms with Gasteiger partial charge in [0.05, 0.1) is 0 Å². The van der Waals surface area contributed by atoms with Crippen LogP contribution in [-0.4, -0.2) is 22.7 Å². The maximum atomic E-state index is 5.55. The zero-order chi connectivity index (χ0) is 15.1. The fourth-order valence-electron chi connectivity index (χ4n) is 2.01. The summed E-state index contributed by atoms with van der Waals surface area (Å²) in [7, 11) is 2.00. The van der Waals surface area contributed by atoms with Crippen LogP contribution in [-0.2, 0) is 20.0 Å². The molecule has 0 bridgehead atoms. The predicted octanol–water partition coefficient (Wildman–Crippen LogP) is 2.53. The van der Waals surface area contributed by atoms with Gasteiger partial charge in [-0.1, -0.05) is 21.9 Å². The monoisotopic (exact) mass is 347 g/mol. The number of halogens is 1. The maximum absolute atomic E-state index is 5.55. The summed E-state index contributed by atoms with van der Waals surface area (Å²) < 4.78 is 8.60. The largest absolute Gasteiger partial charge is 0.481 e. The third-order valence-electron chi connectivity index (χ3n) is 3.10. The van der Waals surface area contributed by atoms with E-state index in [-0.39, 0.29) is 6.61 Å². The number of ether oxygens (including phenoxy) is 1. The van der Waals surface area contributed by atoms with Gasteiger partial charge in [0.1, 0.15) is 18.2 Å². The molecular formula is C16H18BrN3O. The minimum atomic E-state index is 0.280. The van der Waals surface area contributed by atoms with Gasteiger partial charge in [-0.3, -0.25) is 0 Å². The van der Waals surface area contributed by atoms with Crippen LogP contribution in [0.3, 0.4) is 0 Å². The molecule has 0 aliphatic carbocycles. The first-order valence-corrected chi connectivity index (χ1v) is 7.51. The molecule has 0 radical (unpaired) electrons. The van der Waals surface area contributed by atoms with Crippen LogP contribution in [0.15, 0.2) is 35.1 Å². The van der Waals surface area contributed by atoms with E-state index in [2.05, 4.69) is 32.2 Å². The Bertz CT molecular complexity index is 631. The lowest BCUT2D eigenvalue weighted by atomic mass is 10.2. The standard InChI is InChI=1S/C16H18BrN3O/c1-3-10-21-15-5-4-14(17)11-13(15)12-18-7-6-16-19-8-9-20(16)2/h1,4-5,8-9,11,18H,6-7,10,12H2,2H3. The number of nitrogens with zero attached hydrogens (tertiary/aromatic N) is 2. The van der Waals surface area contributed by atoms with Crippen molar-refractivity contribution in [3.8, 4) is 18.1 Å². The lowest BCUT2D eigenvalue weighted by Gasteiger charge is -2.11. The fourth-order valence-corrected chi connectivity index (χ4v) is 2.42. The Morgan fingerprint density at radius 2 is 2.33 bits per heavy atom. The molecule has 1 aromatic carbocycles. The average Bonchev–Trinajstić information content (AvgIpc) is 2.88. The van der Waals surface area contributed by atoms with Crippen molar-refractivity contribution in [2.75, 3.05) is 13.2 Å². The minimum absolute atomic E-state index is 0.280. The molecule has 0 saturated heterocycles. The summed E-state index contributed by atoms with van der Waals surface area (Å²) in [6.45, 7) is 1.86. The molecule has 0 atom stereocenters. The zero-order valence-electron chi connectivity index (χ0n) is 12.0. The molecule has 0 spiro atoms. The third kappa shape index (κ3) is 4.62. The van der Waals surface area contributed by atoms with Crippen molar-refractivity contribution in [1.29, 1.82) is 0 Å². The molecule has 21 heavy (non-hydrogen) atoms. The topological polar surface area (TPSA) is 39.1 Å². The molecule has 1 N–H and O–H groups in total. The molecule has 0 amide bonds. The van der Waals surface area contributed by atoms with Gasteiger partial charge in [-0.05, 0) is 18.2 Å².